The molecule has 0 saturated heterocycles. The first-order valence-electron chi connectivity index (χ1n) is 7.42. The second kappa shape index (κ2) is 7.66. The monoisotopic (exact) mass is 310 g/mol. The molecule has 5 nitrogen and oxygen atoms in total. The number of hydrogen-bond acceptors (Lipinski definition) is 4. The van der Waals surface area contributed by atoms with Crippen molar-refractivity contribution in [2.75, 3.05) is 12.8 Å². The molecule has 1 N–H and O–H groups in total. The minimum atomic E-state index is -1.12. The van der Waals surface area contributed by atoms with Crippen molar-refractivity contribution < 1.29 is 9.13 Å². The number of nitrogens with zero attached hydrogens (tertiary/aromatic N) is 1. The van der Waals surface area contributed by atoms with Gasteiger partial charge in [0.05, 0.1) is 15.7 Å². The molecule has 21 heavy (non-hydrogen) atoms. The lowest BCUT2D eigenvalue weighted by molar-refractivity contribution is -0.384. The van der Waals surface area contributed by atoms with Crippen molar-refractivity contribution >= 4 is 16.5 Å². The minimum Gasteiger partial charge on any atom is -0.316 e. The third-order valence-electron chi connectivity index (χ3n) is 4.23. The molecule has 0 amide bonds. The predicted molar refractivity (Wildman–Crippen MR) is 83.8 cm³/mol. The van der Waals surface area contributed by atoms with Gasteiger partial charge in [0.2, 0.25) is 0 Å². The molecule has 0 bridgehead atoms. The van der Waals surface area contributed by atoms with Crippen molar-refractivity contribution in [3.63, 3.8) is 0 Å². The van der Waals surface area contributed by atoms with Crippen molar-refractivity contribution in [1.82, 2.24) is 5.32 Å². The van der Waals surface area contributed by atoms with E-state index in [0.29, 0.717) is 16.6 Å². The van der Waals surface area contributed by atoms with E-state index in [1.165, 1.54) is 44.2 Å². The number of benzene rings is 1. The van der Waals surface area contributed by atoms with Crippen LogP contribution >= 0.6 is 0 Å². The van der Waals surface area contributed by atoms with Gasteiger partial charge in [0.15, 0.2) is 0 Å². The smallest absolute Gasteiger partial charge is 0.269 e. The van der Waals surface area contributed by atoms with Crippen molar-refractivity contribution in [2.24, 2.45) is 5.92 Å². The maximum atomic E-state index is 12.4. The van der Waals surface area contributed by atoms with Crippen LogP contribution in [-0.2, 0) is 10.8 Å². The van der Waals surface area contributed by atoms with E-state index in [1.807, 2.05) is 7.05 Å². The third-order valence-corrected chi connectivity index (χ3v) is 5.69. The van der Waals surface area contributed by atoms with Crippen molar-refractivity contribution in [1.29, 1.82) is 0 Å². The number of hydrogen-bond donors (Lipinski definition) is 1. The number of nitrogens with one attached hydrogen (secondary N) is 1. The Morgan fingerprint density at radius 2 is 1.90 bits per heavy atom. The van der Waals surface area contributed by atoms with Gasteiger partial charge in [0, 0.05) is 28.8 Å². The Morgan fingerprint density at radius 1 is 1.29 bits per heavy atom. The molecular weight excluding hydrogens is 288 g/mol. The predicted octanol–water partition coefficient (Wildman–Crippen LogP) is 2.87. The fourth-order valence-electron chi connectivity index (χ4n) is 2.97. The van der Waals surface area contributed by atoms with Crippen LogP contribution in [-0.4, -0.2) is 28.0 Å². The molecule has 1 aliphatic carbocycles. The van der Waals surface area contributed by atoms with Crippen LogP contribution in [0.2, 0.25) is 0 Å². The van der Waals surface area contributed by atoms with E-state index >= 15 is 0 Å². The zero-order chi connectivity index (χ0) is 15.2. The van der Waals surface area contributed by atoms with Gasteiger partial charge in [-0.3, -0.25) is 14.3 Å². The van der Waals surface area contributed by atoms with Crippen LogP contribution < -0.4 is 5.32 Å². The summed E-state index contributed by atoms with van der Waals surface area (Å²) < 4.78 is 12.4. The molecular formula is C15H22N2O3S. The number of rotatable bonds is 6. The van der Waals surface area contributed by atoms with Crippen LogP contribution in [0.1, 0.15) is 32.1 Å². The average Bonchev–Trinajstić information content (AvgIpc) is 2.53. The molecule has 6 heteroatoms. The Kier molecular flexibility index (Phi) is 5.87. The quantitative estimate of drug-likeness (QED) is 0.648. The lowest BCUT2D eigenvalue weighted by Crippen LogP contribution is -2.39. The summed E-state index contributed by atoms with van der Waals surface area (Å²) >= 11 is 0. The standard InChI is InChI=1S/C15H22N2O3S/c1-16-15(12-5-3-2-4-6-12)11-21(20)14-9-7-13(8-10-14)17(18)19/h7-10,12,15-16H,2-6,11H2,1H3. The first-order valence-corrected chi connectivity index (χ1v) is 8.74. The van der Waals surface area contributed by atoms with E-state index < -0.39 is 15.7 Å². The zero-order valence-electron chi connectivity index (χ0n) is 12.3. The topological polar surface area (TPSA) is 72.2 Å². The van der Waals surface area contributed by atoms with Gasteiger partial charge in [0.25, 0.3) is 5.69 Å². The Labute approximate surface area is 127 Å². The van der Waals surface area contributed by atoms with Crippen molar-refractivity contribution in [2.45, 2.75) is 43.0 Å². The molecule has 1 saturated carbocycles. The molecule has 1 aromatic carbocycles. The molecule has 0 aliphatic heterocycles. The summed E-state index contributed by atoms with van der Waals surface area (Å²) in [6, 6.07) is 6.29. The number of non-ortho nitro benzene ring substituents is 1. The molecule has 2 unspecified atom stereocenters. The lowest BCUT2D eigenvalue weighted by atomic mass is 9.84. The molecule has 0 heterocycles. The largest absolute Gasteiger partial charge is 0.316 e. The van der Waals surface area contributed by atoms with Crippen LogP contribution in [0.15, 0.2) is 29.2 Å². The van der Waals surface area contributed by atoms with Gasteiger partial charge in [-0.2, -0.15) is 0 Å². The highest BCUT2D eigenvalue weighted by Gasteiger charge is 2.24. The molecule has 2 rings (SSSR count). The average molecular weight is 310 g/mol. The molecule has 1 aromatic rings. The highest BCUT2D eigenvalue weighted by Crippen LogP contribution is 2.27. The Balaban J connectivity index is 1.99. The molecule has 0 aromatic heterocycles. The highest BCUT2D eigenvalue weighted by atomic mass is 32.2. The van der Waals surface area contributed by atoms with Gasteiger partial charge in [-0.25, -0.2) is 0 Å². The van der Waals surface area contributed by atoms with Crippen LogP contribution in [0, 0.1) is 16.0 Å². The van der Waals surface area contributed by atoms with Gasteiger partial charge in [-0.15, -0.1) is 0 Å². The highest BCUT2D eigenvalue weighted by molar-refractivity contribution is 7.85. The third kappa shape index (κ3) is 4.35. The van der Waals surface area contributed by atoms with Crippen LogP contribution in [0.3, 0.4) is 0 Å². The van der Waals surface area contributed by atoms with Crippen LogP contribution in [0.4, 0.5) is 5.69 Å². The van der Waals surface area contributed by atoms with Crippen LogP contribution in [0.5, 0.6) is 0 Å². The SMILES string of the molecule is CNC(CS(=O)c1ccc([N+](=O)[O-])cc1)C1CCCCC1. The molecule has 0 radical (unpaired) electrons. The fourth-order valence-corrected chi connectivity index (χ4v) is 4.37. The van der Waals surface area contributed by atoms with E-state index in [1.54, 1.807) is 12.1 Å². The minimum absolute atomic E-state index is 0.0354. The maximum absolute atomic E-state index is 12.4. The second-order valence-electron chi connectivity index (χ2n) is 5.56. The van der Waals surface area contributed by atoms with Gasteiger partial charge in [-0.1, -0.05) is 19.3 Å². The first kappa shape index (κ1) is 16.1. The summed E-state index contributed by atoms with van der Waals surface area (Å²) in [4.78, 5) is 10.9. The Bertz CT molecular complexity index is 498. The lowest BCUT2D eigenvalue weighted by Gasteiger charge is -2.29. The van der Waals surface area contributed by atoms with Crippen molar-refractivity contribution in [3.8, 4) is 0 Å². The molecule has 1 aliphatic rings. The van der Waals surface area contributed by atoms with E-state index in [9.17, 15) is 14.3 Å². The van der Waals surface area contributed by atoms with Crippen LogP contribution in [0.25, 0.3) is 0 Å². The Morgan fingerprint density at radius 3 is 2.43 bits per heavy atom. The van der Waals surface area contributed by atoms with E-state index in [4.69, 9.17) is 0 Å². The molecule has 116 valence electrons. The first-order chi connectivity index (χ1) is 10.1. The van der Waals surface area contributed by atoms with E-state index in [2.05, 4.69) is 5.32 Å². The second-order valence-corrected chi connectivity index (χ2v) is 7.05. The van der Waals surface area contributed by atoms with Gasteiger partial charge in [-0.05, 0) is 37.9 Å². The van der Waals surface area contributed by atoms with Gasteiger partial charge < -0.3 is 5.32 Å². The van der Waals surface area contributed by atoms with E-state index in [0.717, 1.165) is 0 Å². The molecule has 0 spiro atoms. The zero-order valence-corrected chi connectivity index (χ0v) is 13.1. The summed E-state index contributed by atoms with van der Waals surface area (Å²) in [6.07, 6.45) is 6.21. The number of nitro benzene ring substituents is 1. The summed E-state index contributed by atoms with van der Waals surface area (Å²) in [7, 11) is 0.801. The summed E-state index contributed by atoms with van der Waals surface area (Å²) in [5.41, 5.74) is 0.0354. The molecule has 2 atom stereocenters. The van der Waals surface area contributed by atoms with E-state index in [-0.39, 0.29) is 11.7 Å². The van der Waals surface area contributed by atoms with Gasteiger partial charge in [0.1, 0.15) is 0 Å². The van der Waals surface area contributed by atoms with Gasteiger partial charge >= 0.3 is 0 Å². The Hall–Kier alpha value is -1.27. The summed E-state index contributed by atoms with van der Waals surface area (Å²) in [5.74, 6) is 1.16. The number of nitro groups is 1. The summed E-state index contributed by atoms with van der Waals surface area (Å²) in [5, 5.41) is 13.9. The molecule has 1 fully saturated rings. The normalized spacial score (nSPS) is 19.1. The van der Waals surface area contributed by atoms with Crippen molar-refractivity contribution in [3.05, 3.63) is 34.4 Å². The summed E-state index contributed by atoms with van der Waals surface area (Å²) in [6.45, 7) is 0. The fraction of sp³-hybridized carbons (Fsp3) is 0.600. The maximum Gasteiger partial charge on any atom is 0.269 e.